The number of rotatable bonds is 7. The maximum absolute atomic E-state index is 12.1. The zero-order chi connectivity index (χ0) is 15.3. The molecule has 0 aliphatic rings. The Labute approximate surface area is 124 Å². The molecule has 1 heterocycles. The summed E-state index contributed by atoms with van der Waals surface area (Å²) < 4.78 is 5.10. The summed E-state index contributed by atoms with van der Waals surface area (Å²) in [5.74, 6) is 1.10. The molecule has 2 unspecified atom stereocenters. The van der Waals surface area contributed by atoms with E-state index in [0.717, 1.165) is 17.0 Å². The quantitative estimate of drug-likeness (QED) is 0.801. The Bertz CT molecular complexity index is 438. The molecule has 0 aliphatic carbocycles. The molecule has 20 heavy (non-hydrogen) atoms. The molecular weight excluding hydrogens is 276 g/mol. The van der Waals surface area contributed by atoms with Gasteiger partial charge in [0.05, 0.1) is 11.3 Å². The predicted octanol–water partition coefficient (Wildman–Crippen LogP) is 1.70. The Morgan fingerprint density at radius 3 is 2.70 bits per heavy atom. The Morgan fingerprint density at radius 1 is 1.55 bits per heavy atom. The number of carbonyl (C=O) groups is 1. The van der Waals surface area contributed by atoms with Crippen molar-refractivity contribution >= 4 is 17.7 Å². The molecule has 1 aromatic rings. The first-order valence-electron chi connectivity index (χ1n) is 6.67. The normalized spacial score (nSPS) is 15.7. The highest BCUT2D eigenvalue weighted by atomic mass is 32.2. The van der Waals surface area contributed by atoms with Crippen LogP contribution in [0.4, 0.5) is 0 Å². The number of carbonyl (C=O) groups excluding carboxylic acids is 1. The summed E-state index contributed by atoms with van der Waals surface area (Å²) in [6.45, 7) is 7.58. The molecule has 0 fully saturated rings. The molecule has 0 saturated heterocycles. The minimum atomic E-state index is -0.877. The molecule has 5 nitrogen and oxygen atoms in total. The van der Waals surface area contributed by atoms with Crippen LogP contribution < -0.4 is 5.32 Å². The van der Waals surface area contributed by atoms with E-state index in [9.17, 15) is 9.90 Å². The minimum absolute atomic E-state index is 0.0635. The molecule has 1 aromatic heterocycles. The standard InChI is InChI=1S/C14H24N2O3S/c1-9(6-12-10(2)16-19-11(12)3)13(17)15-7-14(4,18)8-20-5/h9,18H,6-8H2,1-5H3,(H,15,17). The number of thioether (sulfide) groups is 1. The van der Waals surface area contributed by atoms with Crippen molar-refractivity contribution in [2.75, 3.05) is 18.6 Å². The topological polar surface area (TPSA) is 75.4 Å². The molecule has 0 saturated carbocycles. The zero-order valence-corrected chi connectivity index (χ0v) is 13.6. The van der Waals surface area contributed by atoms with Crippen molar-refractivity contribution in [3.8, 4) is 0 Å². The number of nitrogens with zero attached hydrogens (tertiary/aromatic N) is 1. The number of hydrogen-bond donors (Lipinski definition) is 2. The summed E-state index contributed by atoms with van der Waals surface area (Å²) in [6.07, 6.45) is 2.52. The maximum atomic E-state index is 12.1. The van der Waals surface area contributed by atoms with Gasteiger partial charge in [0.2, 0.25) is 5.91 Å². The third-order valence-corrected chi connectivity index (χ3v) is 4.15. The van der Waals surface area contributed by atoms with Crippen LogP contribution in [0.25, 0.3) is 0 Å². The molecule has 0 aliphatic heterocycles. The number of nitrogens with one attached hydrogen (secondary N) is 1. The first kappa shape index (κ1) is 17.0. The Kier molecular flexibility index (Phi) is 6.07. The highest BCUT2D eigenvalue weighted by Gasteiger charge is 2.23. The van der Waals surface area contributed by atoms with E-state index < -0.39 is 5.60 Å². The van der Waals surface area contributed by atoms with Gasteiger partial charge in [0.1, 0.15) is 5.76 Å². The average molecular weight is 300 g/mol. The zero-order valence-electron chi connectivity index (χ0n) is 12.8. The van der Waals surface area contributed by atoms with Crippen molar-refractivity contribution in [1.29, 1.82) is 0 Å². The van der Waals surface area contributed by atoms with Crippen molar-refractivity contribution in [3.63, 3.8) is 0 Å². The molecule has 1 amide bonds. The first-order valence-corrected chi connectivity index (χ1v) is 8.07. The number of amides is 1. The Hall–Kier alpha value is -1.01. The van der Waals surface area contributed by atoms with Gasteiger partial charge in [-0.25, -0.2) is 0 Å². The van der Waals surface area contributed by atoms with Gasteiger partial charge in [0, 0.05) is 23.8 Å². The van der Waals surface area contributed by atoms with Gasteiger partial charge >= 0.3 is 0 Å². The van der Waals surface area contributed by atoms with E-state index in [2.05, 4.69) is 10.5 Å². The van der Waals surface area contributed by atoms with Crippen LogP contribution in [-0.2, 0) is 11.2 Å². The van der Waals surface area contributed by atoms with Crippen molar-refractivity contribution in [2.24, 2.45) is 5.92 Å². The summed E-state index contributed by atoms with van der Waals surface area (Å²) in [5, 5.41) is 16.7. The van der Waals surface area contributed by atoms with Crippen molar-refractivity contribution < 1.29 is 14.4 Å². The lowest BCUT2D eigenvalue weighted by molar-refractivity contribution is -0.125. The fourth-order valence-electron chi connectivity index (χ4n) is 2.01. The second kappa shape index (κ2) is 7.13. The van der Waals surface area contributed by atoms with E-state index in [0.29, 0.717) is 12.2 Å². The fraction of sp³-hybridized carbons (Fsp3) is 0.714. The molecular formula is C14H24N2O3S. The number of aromatic nitrogens is 1. The van der Waals surface area contributed by atoms with Crippen molar-refractivity contribution in [1.82, 2.24) is 10.5 Å². The Balaban J connectivity index is 2.52. The van der Waals surface area contributed by atoms with Gasteiger partial charge in [0.25, 0.3) is 0 Å². The van der Waals surface area contributed by atoms with Gasteiger partial charge in [-0.05, 0) is 33.4 Å². The lowest BCUT2D eigenvalue weighted by Crippen LogP contribution is -2.44. The molecule has 2 atom stereocenters. The molecule has 6 heteroatoms. The van der Waals surface area contributed by atoms with Gasteiger partial charge in [-0.2, -0.15) is 11.8 Å². The largest absolute Gasteiger partial charge is 0.387 e. The fourth-order valence-corrected chi connectivity index (χ4v) is 2.73. The van der Waals surface area contributed by atoms with E-state index in [1.165, 1.54) is 0 Å². The molecule has 0 radical (unpaired) electrons. The summed E-state index contributed by atoms with van der Waals surface area (Å²) in [7, 11) is 0. The maximum Gasteiger partial charge on any atom is 0.223 e. The van der Waals surface area contributed by atoms with Crippen molar-refractivity contribution in [3.05, 3.63) is 17.0 Å². The number of aryl methyl sites for hydroxylation is 2. The van der Waals surface area contributed by atoms with Crippen LogP contribution in [-0.4, -0.2) is 40.3 Å². The summed E-state index contributed by atoms with van der Waals surface area (Å²) in [5.41, 5.74) is 0.942. The number of aliphatic hydroxyl groups is 1. The second-order valence-corrected chi connectivity index (χ2v) is 6.42. The third kappa shape index (κ3) is 4.83. The summed E-state index contributed by atoms with van der Waals surface area (Å²) in [6, 6.07) is 0. The molecule has 2 N–H and O–H groups in total. The molecule has 0 spiro atoms. The molecule has 0 aromatic carbocycles. The van der Waals surface area contributed by atoms with Gasteiger partial charge in [0.15, 0.2) is 0 Å². The van der Waals surface area contributed by atoms with Crippen LogP contribution in [0.15, 0.2) is 4.52 Å². The van der Waals surface area contributed by atoms with E-state index in [-0.39, 0.29) is 18.4 Å². The smallest absolute Gasteiger partial charge is 0.223 e. The first-order chi connectivity index (χ1) is 9.26. The summed E-state index contributed by atoms with van der Waals surface area (Å²) >= 11 is 1.55. The van der Waals surface area contributed by atoms with Crippen LogP contribution in [0.2, 0.25) is 0 Å². The predicted molar refractivity (Wildman–Crippen MR) is 80.9 cm³/mol. The van der Waals surface area contributed by atoms with Crippen LogP contribution in [0.1, 0.15) is 30.9 Å². The minimum Gasteiger partial charge on any atom is -0.387 e. The van der Waals surface area contributed by atoms with E-state index >= 15 is 0 Å². The van der Waals surface area contributed by atoms with E-state index in [1.54, 1.807) is 18.7 Å². The van der Waals surface area contributed by atoms with Crippen LogP contribution in [0.3, 0.4) is 0 Å². The van der Waals surface area contributed by atoms with Gasteiger partial charge < -0.3 is 14.9 Å². The SMILES string of the molecule is CSCC(C)(O)CNC(=O)C(C)Cc1c(C)noc1C. The monoisotopic (exact) mass is 300 g/mol. The van der Waals surface area contributed by atoms with Crippen molar-refractivity contribution in [2.45, 2.75) is 39.7 Å². The van der Waals surface area contributed by atoms with Crippen LogP contribution in [0.5, 0.6) is 0 Å². The molecule has 0 bridgehead atoms. The third-order valence-electron chi connectivity index (χ3n) is 3.24. The van der Waals surface area contributed by atoms with Crippen LogP contribution in [0, 0.1) is 19.8 Å². The molecule has 114 valence electrons. The highest BCUT2D eigenvalue weighted by Crippen LogP contribution is 2.17. The second-order valence-electron chi connectivity index (χ2n) is 5.56. The Morgan fingerprint density at radius 2 is 2.20 bits per heavy atom. The highest BCUT2D eigenvalue weighted by molar-refractivity contribution is 7.98. The molecule has 1 rings (SSSR count). The van der Waals surface area contributed by atoms with E-state index in [4.69, 9.17) is 4.52 Å². The lowest BCUT2D eigenvalue weighted by atomic mass is 9.99. The average Bonchev–Trinajstić information content (AvgIpc) is 2.67. The summed E-state index contributed by atoms with van der Waals surface area (Å²) in [4.78, 5) is 12.1. The van der Waals surface area contributed by atoms with Crippen LogP contribution >= 0.6 is 11.8 Å². The van der Waals surface area contributed by atoms with E-state index in [1.807, 2.05) is 27.0 Å². The van der Waals surface area contributed by atoms with Gasteiger partial charge in [-0.1, -0.05) is 12.1 Å². The lowest BCUT2D eigenvalue weighted by Gasteiger charge is -2.23. The number of hydrogen-bond acceptors (Lipinski definition) is 5. The van der Waals surface area contributed by atoms with Gasteiger partial charge in [-0.3, -0.25) is 4.79 Å². The van der Waals surface area contributed by atoms with Gasteiger partial charge in [-0.15, -0.1) is 0 Å².